The van der Waals surface area contributed by atoms with Crippen molar-refractivity contribution in [2.45, 2.75) is 32.0 Å². The third-order valence-corrected chi connectivity index (χ3v) is 3.21. The number of β-amino-alcohol motifs (C(OH)–C–C–N with tert-alkyl or cyclic N) is 1. The molecule has 0 aliphatic carbocycles. The average molecular weight is 252 g/mol. The number of hydrogen-bond donors (Lipinski definition) is 2. The number of hydrogen-bond acceptors (Lipinski definition) is 3. The number of carbonyl (C=O) groups is 2. The molecule has 1 aliphatic rings. The molecule has 0 saturated carbocycles. The van der Waals surface area contributed by atoms with Gasteiger partial charge in [0.1, 0.15) is 11.7 Å². The van der Waals surface area contributed by atoms with Crippen LogP contribution in [0.25, 0.3) is 0 Å². The standard InChI is InChI=1S/C12H16N2O4/c1-2-13-5-3-4-9(13)11(16)14-7-8(15)6-10(14)12(17)18/h3-5,8,10,15H,2,6-7H2,1H3,(H,17,18)/t8-,10-/m1/s1. The lowest BCUT2D eigenvalue weighted by molar-refractivity contribution is -0.141. The number of aliphatic carboxylic acids is 1. The van der Waals surface area contributed by atoms with Gasteiger partial charge in [-0.15, -0.1) is 0 Å². The number of carboxylic acid groups (broad SMARTS) is 1. The van der Waals surface area contributed by atoms with Crippen molar-refractivity contribution < 1.29 is 19.8 Å². The van der Waals surface area contributed by atoms with Gasteiger partial charge >= 0.3 is 5.97 Å². The Kier molecular flexibility index (Phi) is 3.38. The molecular formula is C12H16N2O4. The highest BCUT2D eigenvalue weighted by atomic mass is 16.4. The molecule has 0 bridgehead atoms. The molecular weight excluding hydrogens is 236 g/mol. The fourth-order valence-electron chi connectivity index (χ4n) is 2.30. The highest BCUT2D eigenvalue weighted by Gasteiger charge is 2.39. The first-order chi connectivity index (χ1) is 8.54. The molecule has 1 aromatic heterocycles. The van der Waals surface area contributed by atoms with Crippen LogP contribution in [0.15, 0.2) is 18.3 Å². The summed E-state index contributed by atoms with van der Waals surface area (Å²) in [4.78, 5) is 24.6. The Labute approximate surface area is 104 Å². The van der Waals surface area contributed by atoms with E-state index in [-0.39, 0.29) is 18.9 Å². The van der Waals surface area contributed by atoms with Crippen LogP contribution >= 0.6 is 0 Å². The molecule has 1 fully saturated rings. The van der Waals surface area contributed by atoms with Crippen molar-refractivity contribution in [1.82, 2.24) is 9.47 Å². The summed E-state index contributed by atoms with van der Waals surface area (Å²) in [6, 6.07) is 2.47. The number of rotatable bonds is 3. The van der Waals surface area contributed by atoms with Gasteiger partial charge in [-0.05, 0) is 19.1 Å². The smallest absolute Gasteiger partial charge is 0.326 e. The van der Waals surface area contributed by atoms with Crippen LogP contribution < -0.4 is 0 Å². The monoisotopic (exact) mass is 252 g/mol. The van der Waals surface area contributed by atoms with Crippen LogP contribution in [0.5, 0.6) is 0 Å². The maximum atomic E-state index is 12.3. The largest absolute Gasteiger partial charge is 0.480 e. The topological polar surface area (TPSA) is 82.8 Å². The van der Waals surface area contributed by atoms with E-state index in [0.29, 0.717) is 12.2 Å². The van der Waals surface area contributed by atoms with Gasteiger partial charge in [0.15, 0.2) is 0 Å². The third-order valence-electron chi connectivity index (χ3n) is 3.21. The van der Waals surface area contributed by atoms with Crippen LogP contribution in [-0.2, 0) is 11.3 Å². The summed E-state index contributed by atoms with van der Waals surface area (Å²) in [5.74, 6) is -1.42. The summed E-state index contributed by atoms with van der Waals surface area (Å²) >= 11 is 0. The molecule has 2 heterocycles. The Morgan fingerprint density at radius 1 is 1.50 bits per heavy atom. The molecule has 0 radical (unpaired) electrons. The molecule has 1 saturated heterocycles. The average Bonchev–Trinajstić information content (AvgIpc) is 2.93. The highest BCUT2D eigenvalue weighted by Crippen LogP contribution is 2.21. The lowest BCUT2D eigenvalue weighted by atomic mass is 10.2. The third kappa shape index (κ3) is 2.11. The number of amides is 1. The minimum absolute atomic E-state index is 0.0741. The quantitative estimate of drug-likeness (QED) is 0.803. The zero-order valence-electron chi connectivity index (χ0n) is 10.1. The van der Waals surface area contributed by atoms with E-state index in [1.165, 1.54) is 4.90 Å². The van der Waals surface area contributed by atoms with Gasteiger partial charge in [-0.1, -0.05) is 0 Å². The first-order valence-corrected chi connectivity index (χ1v) is 5.91. The van der Waals surface area contributed by atoms with E-state index in [2.05, 4.69) is 0 Å². The van der Waals surface area contributed by atoms with Crippen molar-refractivity contribution in [3.05, 3.63) is 24.0 Å². The van der Waals surface area contributed by atoms with Crippen molar-refractivity contribution in [3.63, 3.8) is 0 Å². The summed E-state index contributed by atoms with van der Waals surface area (Å²) in [7, 11) is 0. The van der Waals surface area contributed by atoms with Gasteiger partial charge in [-0.3, -0.25) is 4.79 Å². The molecule has 1 aromatic rings. The molecule has 6 nitrogen and oxygen atoms in total. The first-order valence-electron chi connectivity index (χ1n) is 5.91. The summed E-state index contributed by atoms with van der Waals surface area (Å²) in [5, 5.41) is 18.6. The zero-order chi connectivity index (χ0) is 13.3. The molecule has 2 N–H and O–H groups in total. The number of carbonyl (C=O) groups excluding carboxylic acids is 1. The Bertz CT molecular complexity index is 468. The predicted octanol–water partition coefficient (Wildman–Crippen LogP) is 0.168. The predicted molar refractivity (Wildman–Crippen MR) is 63.2 cm³/mol. The second kappa shape index (κ2) is 4.81. The van der Waals surface area contributed by atoms with Crippen LogP contribution in [-0.4, -0.2) is 50.2 Å². The van der Waals surface area contributed by atoms with Crippen LogP contribution in [0.4, 0.5) is 0 Å². The molecule has 0 unspecified atom stereocenters. The second-order valence-corrected chi connectivity index (χ2v) is 4.38. The van der Waals surface area contributed by atoms with E-state index in [0.717, 1.165) is 0 Å². The maximum Gasteiger partial charge on any atom is 0.326 e. The van der Waals surface area contributed by atoms with Crippen LogP contribution in [0.1, 0.15) is 23.8 Å². The minimum atomic E-state index is -1.07. The van der Waals surface area contributed by atoms with Gasteiger partial charge in [0.05, 0.1) is 6.10 Å². The summed E-state index contributed by atoms with van der Waals surface area (Å²) in [5.41, 5.74) is 0.456. The van der Waals surface area contributed by atoms with Crippen molar-refractivity contribution in [1.29, 1.82) is 0 Å². The summed E-state index contributed by atoms with van der Waals surface area (Å²) in [6.45, 7) is 2.62. The number of carboxylic acids is 1. The number of aliphatic hydroxyl groups excluding tert-OH is 1. The molecule has 18 heavy (non-hydrogen) atoms. The van der Waals surface area contributed by atoms with Gasteiger partial charge in [-0.25, -0.2) is 4.79 Å². The van der Waals surface area contributed by atoms with Crippen molar-refractivity contribution in [2.75, 3.05) is 6.54 Å². The number of likely N-dealkylation sites (tertiary alicyclic amines) is 1. The zero-order valence-corrected chi connectivity index (χ0v) is 10.1. The van der Waals surface area contributed by atoms with E-state index in [1.807, 2.05) is 6.92 Å². The number of aryl methyl sites for hydroxylation is 1. The van der Waals surface area contributed by atoms with Gasteiger partial charge in [0, 0.05) is 25.7 Å². The van der Waals surface area contributed by atoms with E-state index >= 15 is 0 Å². The van der Waals surface area contributed by atoms with Gasteiger partial charge in [-0.2, -0.15) is 0 Å². The van der Waals surface area contributed by atoms with Crippen LogP contribution in [0.3, 0.4) is 0 Å². The molecule has 1 aliphatic heterocycles. The molecule has 6 heteroatoms. The second-order valence-electron chi connectivity index (χ2n) is 4.38. The molecule has 1 amide bonds. The fourth-order valence-corrected chi connectivity index (χ4v) is 2.30. The lowest BCUT2D eigenvalue weighted by Crippen LogP contribution is -2.41. The Hall–Kier alpha value is -1.82. The van der Waals surface area contributed by atoms with Gasteiger partial charge in [0.2, 0.25) is 0 Å². The van der Waals surface area contributed by atoms with Gasteiger partial charge in [0.25, 0.3) is 5.91 Å². The maximum absolute atomic E-state index is 12.3. The molecule has 2 atom stereocenters. The van der Waals surface area contributed by atoms with Crippen molar-refractivity contribution >= 4 is 11.9 Å². The normalized spacial score (nSPS) is 23.3. The van der Waals surface area contributed by atoms with E-state index in [1.54, 1.807) is 22.9 Å². The van der Waals surface area contributed by atoms with E-state index in [9.17, 15) is 14.7 Å². The van der Waals surface area contributed by atoms with E-state index in [4.69, 9.17) is 5.11 Å². The van der Waals surface area contributed by atoms with E-state index < -0.39 is 18.1 Å². The van der Waals surface area contributed by atoms with Crippen LogP contribution in [0.2, 0.25) is 0 Å². The Morgan fingerprint density at radius 3 is 2.83 bits per heavy atom. The highest BCUT2D eigenvalue weighted by molar-refractivity contribution is 5.95. The molecule has 0 aromatic carbocycles. The summed E-state index contributed by atoms with van der Waals surface area (Å²) < 4.78 is 1.76. The number of nitrogens with zero attached hydrogens (tertiary/aromatic N) is 2. The fraction of sp³-hybridized carbons (Fsp3) is 0.500. The first kappa shape index (κ1) is 12.6. The number of aliphatic hydroxyl groups is 1. The number of aromatic nitrogens is 1. The van der Waals surface area contributed by atoms with Crippen LogP contribution in [0, 0.1) is 0 Å². The molecule has 98 valence electrons. The SMILES string of the molecule is CCn1cccc1C(=O)N1C[C@H](O)C[C@@H]1C(=O)O. The summed E-state index contributed by atoms with van der Waals surface area (Å²) in [6.07, 6.45) is 1.10. The molecule has 0 spiro atoms. The van der Waals surface area contributed by atoms with Crippen molar-refractivity contribution in [3.8, 4) is 0 Å². The van der Waals surface area contributed by atoms with Crippen molar-refractivity contribution in [2.24, 2.45) is 0 Å². The molecule has 2 rings (SSSR count). The minimum Gasteiger partial charge on any atom is -0.480 e. The Morgan fingerprint density at radius 2 is 2.22 bits per heavy atom. The van der Waals surface area contributed by atoms with Gasteiger partial charge < -0.3 is 19.7 Å². The lowest BCUT2D eigenvalue weighted by Gasteiger charge is -2.21. The Balaban J connectivity index is 2.25.